The minimum atomic E-state index is -0.319. The summed E-state index contributed by atoms with van der Waals surface area (Å²) in [7, 11) is 0. The third kappa shape index (κ3) is 7.06. The third-order valence-corrected chi connectivity index (χ3v) is 12.8. The molecular formula is C43H50ClN11O. The maximum atomic E-state index is 10.2. The second-order valence-electron chi connectivity index (χ2n) is 16.4. The number of piperidine rings is 1. The van der Waals surface area contributed by atoms with Crippen molar-refractivity contribution < 1.29 is 5.11 Å². The Morgan fingerprint density at radius 2 is 1.12 bits per heavy atom. The van der Waals surface area contributed by atoms with Gasteiger partial charge in [-0.05, 0) is 135 Å². The number of benzene rings is 2. The number of hydrogen-bond acceptors (Lipinski definition) is 10. The van der Waals surface area contributed by atoms with Crippen LogP contribution in [0.4, 0.5) is 29.0 Å². The van der Waals surface area contributed by atoms with Gasteiger partial charge in [-0.2, -0.15) is 19.9 Å². The second-order valence-corrected chi connectivity index (χ2v) is 16.7. The number of imidazole rings is 2. The molecule has 3 N–H and O–H groups in total. The zero-order valence-corrected chi connectivity index (χ0v) is 32.7. The van der Waals surface area contributed by atoms with Crippen LogP contribution in [-0.2, 0) is 25.7 Å². The van der Waals surface area contributed by atoms with Gasteiger partial charge in [0.25, 0.3) is 0 Å². The zero-order valence-electron chi connectivity index (χ0n) is 31.9. The van der Waals surface area contributed by atoms with E-state index in [1.165, 1.54) is 99.3 Å². The quantitative estimate of drug-likeness (QED) is 0.135. The maximum absolute atomic E-state index is 10.2. The second kappa shape index (κ2) is 15.3. The lowest BCUT2D eigenvalue weighted by atomic mass is 10.1. The molecular weight excluding hydrogens is 722 g/mol. The van der Waals surface area contributed by atoms with E-state index in [0.29, 0.717) is 30.4 Å². The number of halogens is 1. The predicted octanol–water partition coefficient (Wildman–Crippen LogP) is 8.96. The molecule has 0 amide bonds. The van der Waals surface area contributed by atoms with Gasteiger partial charge in [0.05, 0.1) is 18.8 Å². The SMILES string of the molecule is Clc1nc(Nc2ccc3c(c2)CCC3)c2ncn(C3CCCC3)c2n1.OC1CCCN(c2nc(Nc3ccc4c(c3)CCC4)c3ncn(C4CCCC4)c3n2)C1. The summed E-state index contributed by atoms with van der Waals surface area (Å²) in [6.45, 7) is 1.46. The first kappa shape index (κ1) is 35.6. The van der Waals surface area contributed by atoms with Gasteiger partial charge in [-0.1, -0.05) is 37.8 Å². The smallest absolute Gasteiger partial charge is 0.229 e. The molecule has 13 heteroatoms. The minimum Gasteiger partial charge on any atom is -0.391 e. The molecule has 1 atom stereocenters. The number of rotatable bonds is 7. The lowest BCUT2D eigenvalue weighted by Crippen LogP contribution is -2.39. The van der Waals surface area contributed by atoms with Crippen LogP contribution in [0.1, 0.15) is 111 Å². The first-order valence-electron chi connectivity index (χ1n) is 20.9. The first-order chi connectivity index (χ1) is 27.5. The third-order valence-electron chi connectivity index (χ3n) is 12.6. The Morgan fingerprint density at radius 1 is 0.589 bits per heavy atom. The monoisotopic (exact) mass is 771 g/mol. The Morgan fingerprint density at radius 3 is 1.70 bits per heavy atom. The molecule has 56 heavy (non-hydrogen) atoms. The van der Waals surface area contributed by atoms with Gasteiger partial charge >= 0.3 is 0 Å². The molecule has 11 rings (SSSR count). The van der Waals surface area contributed by atoms with Gasteiger partial charge in [-0.3, -0.25) is 0 Å². The summed E-state index contributed by atoms with van der Waals surface area (Å²) in [4.78, 5) is 30.2. The van der Waals surface area contributed by atoms with E-state index in [4.69, 9.17) is 26.6 Å². The Hall–Kier alpha value is -4.81. The van der Waals surface area contributed by atoms with E-state index in [9.17, 15) is 5.11 Å². The molecule has 4 aliphatic carbocycles. The van der Waals surface area contributed by atoms with Gasteiger partial charge in [-0.25, -0.2) is 9.97 Å². The summed E-state index contributed by atoms with van der Waals surface area (Å²) in [5, 5.41) is 17.4. The topological polar surface area (TPSA) is 135 Å². The van der Waals surface area contributed by atoms with Crippen molar-refractivity contribution in [3.8, 4) is 0 Å². The molecule has 5 heterocycles. The van der Waals surface area contributed by atoms with Crippen molar-refractivity contribution in [2.24, 2.45) is 0 Å². The summed E-state index contributed by atoms with van der Waals surface area (Å²) < 4.78 is 4.42. The summed E-state index contributed by atoms with van der Waals surface area (Å²) in [6, 6.07) is 14.1. The maximum Gasteiger partial charge on any atom is 0.229 e. The fourth-order valence-electron chi connectivity index (χ4n) is 9.72. The molecule has 3 fully saturated rings. The molecule has 1 aliphatic heterocycles. The number of aromatic nitrogens is 8. The van der Waals surface area contributed by atoms with Crippen molar-refractivity contribution in [1.82, 2.24) is 39.0 Å². The van der Waals surface area contributed by atoms with Crippen LogP contribution in [0.5, 0.6) is 0 Å². The van der Waals surface area contributed by atoms with Crippen molar-refractivity contribution in [1.29, 1.82) is 0 Å². The van der Waals surface area contributed by atoms with Crippen LogP contribution in [-0.4, -0.2) is 63.3 Å². The van der Waals surface area contributed by atoms with Gasteiger partial charge in [0.1, 0.15) is 0 Å². The molecule has 12 nitrogen and oxygen atoms in total. The van der Waals surface area contributed by atoms with Gasteiger partial charge < -0.3 is 29.8 Å². The van der Waals surface area contributed by atoms with Crippen LogP contribution in [0.3, 0.4) is 0 Å². The Balaban J connectivity index is 0.000000140. The molecule has 5 aliphatic rings. The van der Waals surface area contributed by atoms with Gasteiger partial charge in [0, 0.05) is 36.5 Å². The Labute approximate surface area is 332 Å². The van der Waals surface area contributed by atoms with Crippen LogP contribution in [0.15, 0.2) is 49.1 Å². The van der Waals surface area contributed by atoms with Gasteiger partial charge in [0.15, 0.2) is 34.0 Å². The summed E-state index contributed by atoms with van der Waals surface area (Å²) >= 11 is 6.22. The number of β-amino-alcohol motifs (C(OH)–C–C–N with tert-alkyl or cyclic N) is 1. The molecule has 1 unspecified atom stereocenters. The van der Waals surface area contributed by atoms with Crippen LogP contribution >= 0.6 is 11.6 Å². The molecule has 0 radical (unpaired) electrons. The normalized spacial score (nSPS) is 19.8. The predicted molar refractivity (Wildman–Crippen MR) is 222 cm³/mol. The fraction of sp³-hybridized carbons (Fsp3) is 0.488. The van der Waals surface area contributed by atoms with Crippen molar-refractivity contribution in [2.45, 2.75) is 121 Å². The number of aliphatic hydroxyl groups excluding tert-OH is 1. The highest BCUT2D eigenvalue weighted by molar-refractivity contribution is 6.28. The zero-order chi connectivity index (χ0) is 37.6. The van der Waals surface area contributed by atoms with Crippen molar-refractivity contribution >= 4 is 62.9 Å². The Bertz CT molecular complexity index is 2380. The van der Waals surface area contributed by atoms with Crippen molar-refractivity contribution in [3.05, 3.63) is 76.6 Å². The first-order valence-corrected chi connectivity index (χ1v) is 21.3. The Kier molecular flexibility index (Phi) is 9.70. The average molecular weight is 772 g/mol. The van der Waals surface area contributed by atoms with E-state index >= 15 is 0 Å². The number of aryl methyl sites for hydroxylation is 4. The van der Waals surface area contributed by atoms with E-state index in [0.717, 1.165) is 71.7 Å². The average Bonchev–Trinajstić information content (AvgIpc) is 4.05. The van der Waals surface area contributed by atoms with Crippen LogP contribution in [0.25, 0.3) is 22.3 Å². The number of hydrogen-bond donors (Lipinski definition) is 3. The van der Waals surface area contributed by atoms with Crippen LogP contribution in [0, 0.1) is 0 Å². The summed E-state index contributed by atoms with van der Waals surface area (Å²) in [5.74, 6) is 2.13. The van der Waals surface area contributed by atoms with E-state index < -0.39 is 0 Å². The van der Waals surface area contributed by atoms with Crippen molar-refractivity contribution in [2.75, 3.05) is 28.6 Å². The molecule has 2 saturated carbocycles. The van der Waals surface area contributed by atoms with E-state index in [1.54, 1.807) is 0 Å². The summed E-state index contributed by atoms with van der Waals surface area (Å²) in [6.07, 6.45) is 22.3. The van der Waals surface area contributed by atoms with Gasteiger partial charge in [-0.15, -0.1) is 0 Å². The highest BCUT2D eigenvalue weighted by Crippen LogP contribution is 2.36. The molecule has 4 aromatic heterocycles. The number of fused-ring (bicyclic) bond motifs is 4. The lowest BCUT2D eigenvalue weighted by Gasteiger charge is -2.30. The van der Waals surface area contributed by atoms with E-state index in [-0.39, 0.29) is 11.4 Å². The molecule has 0 spiro atoms. The standard InChI is InChI=1S/C24H30N6O.C19H20ClN5/c31-20-9-4-12-29(14-20)24-27-22(26-18-11-10-16-5-3-6-17(16)13-18)21-23(28-24)30(15-25-21)19-7-1-2-8-19;20-19-23-17(22-14-9-8-12-4-3-5-13(12)10-14)16-18(24-19)25(11-21-16)15-6-1-2-7-15/h10-11,13,15,19-20,31H,1-9,12,14H2,(H,26,27,28);8-11,15H,1-7H2,(H,22,23,24). The highest BCUT2D eigenvalue weighted by Gasteiger charge is 2.26. The van der Waals surface area contributed by atoms with E-state index in [1.807, 2.05) is 12.7 Å². The molecule has 0 bridgehead atoms. The van der Waals surface area contributed by atoms with Crippen LogP contribution < -0.4 is 15.5 Å². The number of nitrogens with one attached hydrogen (secondary N) is 2. The van der Waals surface area contributed by atoms with Crippen molar-refractivity contribution in [3.63, 3.8) is 0 Å². The molecule has 290 valence electrons. The highest BCUT2D eigenvalue weighted by atomic mass is 35.5. The molecule has 1 saturated heterocycles. The molecule has 2 aromatic carbocycles. The van der Waals surface area contributed by atoms with Gasteiger partial charge in [0.2, 0.25) is 11.2 Å². The fourth-order valence-corrected chi connectivity index (χ4v) is 9.88. The van der Waals surface area contributed by atoms with Crippen LogP contribution in [0.2, 0.25) is 5.28 Å². The number of nitrogens with zero attached hydrogens (tertiary/aromatic N) is 9. The van der Waals surface area contributed by atoms with E-state index in [2.05, 4.69) is 76.0 Å². The number of anilines is 5. The largest absolute Gasteiger partial charge is 0.391 e. The number of aliphatic hydroxyl groups is 1. The lowest BCUT2D eigenvalue weighted by molar-refractivity contribution is 0.153. The molecule has 6 aromatic rings. The summed E-state index contributed by atoms with van der Waals surface area (Å²) in [5.41, 5.74) is 11.2. The minimum absolute atomic E-state index is 0.260.